The van der Waals surface area contributed by atoms with Crippen molar-refractivity contribution in [2.24, 2.45) is 5.92 Å². The molecular weight excluding hydrogens is 174 g/mol. The predicted molar refractivity (Wildman–Crippen MR) is 57.4 cm³/mol. The third-order valence-corrected chi connectivity index (χ3v) is 2.71. The van der Waals surface area contributed by atoms with Crippen molar-refractivity contribution >= 4 is 11.5 Å². The minimum absolute atomic E-state index is 0.00935. The molecule has 1 aliphatic rings. The highest BCUT2D eigenvalue weighted by Crippen LogP contribution is 2.25. The fraction of sp³-hybridized carbons (Fsp3) is 0.417. The van der Waals surface area contributed by atoms with Gasteiger partial charge in [0, 0.05) is 12.1 Å². The number of Topliss-reactive ketones (excluding diaryl/α,β-unsaturated/α-hetero) is 1. The molecule has 0 saturated heterocycles. The lowest BCUT2D eigenvalue weighted by Crippen LogP contribution is -2.39. The van der Waals surface area contributed by atoms with Crippen LogP contribution in [0.15, 0.2) is 24.3 Å². The SMILES string of the molecule is CC(C)[C@H]1Nc2ccccc2CC1=O. The molecule has 0 bridgehead atoms. The van der Waals surface area contributed by atoms with Gasteiger partial charge in [0.1, 0.15) is 0 Å². The average Bonchev–Trinajstić information content (AvgIpc) is 2.16. The quantitative estimate of drug-likeness (QED) is 0.734. The molecule has 0 radical (unpaired) electrons. The maximum absolute atomic E-state index is 11.7. The molecule has 1 aromatic carbocycles. The van der Waals surface area contributed by atoms with Crippen LogP contribution in [0.2, 0.25) is 0 Å². The fourth-order valence-electron chi connectivity index (χ4n) is 1.90. The molecular formula is C12H15NO. The molecule has 2 rings (SSSR count). The van der Waals surface area contributed by atoms with Crippen molar-refractivity contribution < 1.29 is 4.79 Å². The molecule has 2 nitrogen and oxygen atoms in total. The van der Waals surface area contributed by atoms with Crippen molar-refractivity contribution in [1.29, 1.82) is 0 Å². The van der Waals surface area contributed by atoms with Crippen LogP contribution < -0.4 is 5.32 Å². The van der Waals surface area contributed by atoms with Gasteiger partial charge >= 0.3 is 0 Å². The number of carbonyl (C=O) groups excluding carboxylic acids is 1. The van der Waals surface area contributed by atoms with Crippen molar-refractivity contribution in [3.05, 3.63) is 29.8 Å². The van der Waals surface area contributed by atoms with Gasteiger partial charge in [0.25, 0.3) is 0 Å². The third-order valence-electron chi connectivity index (χ3n) is 2.71. The van der Waals surface area contributed by atoms with Crippen LogP contribution in [0.4, 0.5) is 5.69 Å². The molecule has 0 fully saturated rings. The molecule has 1 heterocycles. The van der Waals surface area contributed by atoms with Crippen LogP contribution in [0.3, 0.4) is 0 Å². The first-order chi connectivity index (χ1) is 6.68. The second-order valence-corrected chi connectivity index (χ2v) is 4.17. The summed E-state index contributed by atoms with van der Waals surface area (Å²) in [5.74, 6) is 0.662. The lowest BCUT2D eigenvalue weighted by atomic mass is 9.90. The molecule has 0 unspecified atom stereocenters. The molecule has 1 atom stereocenters. The number of hydrogen-bond donors (Lipinski definition) is 1. The van der Waals surface area contributed by atoms with Crippen LogP contribution in [0.25, 0.3) is 0 Å². The Bertz CT molecular complexity index is 357. The molecule has 2 heteroatoms. The maximum Gasteiger partial charge on any atom is 0.159 e. The molecule has 0 amide bonds. The summed E-state index contributed by atoms with van der Waals surface area (Å²) in [5, 5.41) is 3.30. The van der Waals surface area contributed by atoms with Crippen LogP contribution >= 0.6 is 0 Å². The van der Waals surface area contributed by atoms with E-state index in [0.717, 1.165) is 11.3 Å². The van der Waals surface area contributed by atoms with E-state index in [4.69, 9.17) is 0 Å². The van der Waals surface area contributed by atoms with E-state index in [9.17, 15) is 4.79 Å². The molecule has 1 aromatic rings. The highest BCUT2D eigenvalue weighted by atomic mass is 16.1. The summed E-state index contributed by atoms with van der Waals surface area (Å²) in [6.07, 6.45) is 0.575. The Balaban J connectivity index is 2.31. The second-order valence-electron chi connectivity index (χ2n) is 4.17. The zero-order valence-corrected chi connectivity index (χ0v) is 8.58. The first kappa shape index (κ1) is 9.25. The van der Waals surface area contributed by atoms with Crippen molar-refractivity contribution in [2.75, 3.05) is 5.32 Å². The Labute approximate surface area is 84.3 Å². The van der Waals surface area contributed by atoms with Crippen molar-refractivity contribution in [3.63, 3.8) is 0 Å². The normalized spacial score (nSPS) is 20.5. The standard InChI is InChI=1S/C12H15NO/c1-8(2)12-11(14)7-9-5-3-4-6-10(9)13-12/h3-6,8,12-13H,7H2,1-2H3/t12-/m1/s1. The van der Waals surface area contributed by atoms with Crippen molar-refractivity contribution in [1.82, 2.24) is 0 Å². The molecule has 0 saturated carbocycles. The number of hydrogen-bond acceptors (Lipinski definition) is 2. The second kappa shape index (κ2) is 3.45. The van der Waals surface area contributed by atoms with Gasteiger partial charge in [0.2, 0.25) is 0 Å². The van der Waals surface area contributed by atoms with Crippen LogP contribution in [0.1, 0.15) is 19.4 Å². The molecule has 0 aliphatic carbocycles. The van der Waals surface area contributed by atoms with Gasteiger partial charge in [0.15, 0.2) is 5.78 Å². The van der Waals surface area contributed by atoms with Gasteiger partial charge in [-0.1, -0.05) is 32.0 Å². The summed E-state index contributed by atoms with van der Waals surface area (Å²) in [6.45, 7) is 4.15. The van der Waals surface area contributed by atoms with E-state index in [1.807, 2.05) is 24.3 Å². The van der Waals surface area contributed by atoms with E-state index in [1.54, 1.807) is 0 Å². The van der Waals surface area contributed by atoms with Crippen LogP contribution in [0.5, 0.6) is 0 Å². The summed E-state index contributed by atoms with van der Waals surface area (Å²) < 4.78 is 0. The number of nitrogens with one attached hydrogen (secondary N) is 1. The summed E-state index contributed by atoms with van der Waals surface area (Å²) in [6, 6.07) is 8.01. The topological polar surface area (TPSA) is 29.1 Å². The van der Waals surface area contributed by atoms with Crippen LogP contribution in [-0.2, 0) is 11.2 Å². The van der Waals surface area contributed by atoms with E-state index in [-0.39, 0.29) is 6.04 Å². The van der Waals surface area contributed by atoms with E-state index >= 15 is 0 Å². The number of rotatable bonds is 1. The minimum Gasteiger partial charge on any atom is -0.375 e. The van der Waals surface area contributed by atoms with Gasteiger partial charge in [0.05, 0.1) is 6.04 Å². The van der Waals surface area contributed by atoms with Crippen molar-refractivity contribution in [2.45, 2.75) is 26.3 Å². The molecule has 0 aromatic heterocycles. The highest BCUT2D eigenvalue weighted by Gasteiger charge is 2.27. The number of carbonyl (C=O) groups is 1. The summed E-state index contributed by atoms with van der Waals surface area (Å²) in [7, 11) is 0. The fourth-order valence-corrected chi connectivity index (χ4v) is 1.90. The largest absolute Gasteiger partial charge is 0.375 e. The van der Waals surface area contributed by atoms with Gasteiger partial charge in [-0.3, -0.25) is 4.79 Å². The third kappa shape index (κ3) is 1.52. The monoisotopic (exact) mass is 189 g/mol. The maximum atomic E-state index is 11.7. The minimum atomic E-state index is -0.00935. The Morgan fingerprint density at radius 3 is 2.79 bits per heavy atom. The number of ketones is 1. The Kier molecular flexibility index (Phi) is 2.28. The lowest BCUT2D eigenvalue weighted by molar-refractivity contribution is -0.120. The first-order valence-corrected chi connectivity index (χ1v) is 5.05. The predicted octanol–water partition coefficient (Wildman–Crippen LogP) is 2.25. The van der Waals surface area contributed by atoms with Gasteiger partial charge < -0.3 is 5.32 Å². The lowest BCUT2D eigenvalue weighted by Gasteiger charge is -2.28. The molecule has 0 spiro atoms. The molecule has 14 heavy (non-hydrogen) atoms. The van der Waals surface area contributed by atoms with E-state index in [0.29, 0.717) is 18.1 Å². The van der Waals surface area contributed by atoms with Crippen molar-refractivity contribution in [3.8, 4) is 0 Å². The van der Waals surface area contributed by atoms with Gasteiger partial charge in [-0.25, -0.2) is 0 Å². The highest BCUT2D eigenvalue weighted by molar-refractivity contribution is 5.92. The smallest absolute Gasteiger partial charge is 0.159 e. The zero-order valence-electron chi connectivity index (χ0n) is 8.58. The van der Waals surface area contributed by atoms with Gasteiger partial charge in [-0.15, -0.1) is 0 Å². The number of para-hydroxylation sites is 1. The Hall–Kier alpha value is -1.31. The summed E-state index contributed by atoms with van der Waals surface area (Å²) >= 11 is 0. The summed E-state index contributed by atoms with van der Waals surface area (Å²) in [5.41, 5.74) is 2.24. The van der Waals surface area contributed by atoms with E-state index in [2.05, 4.69) is 19.2 Å². The number of benzene rings is 1. The van der Waals surface area contributed by atoms with E-state index < -0.39 is 0 Å². The number of fused-ring (bicyclic) bond motifs is 1. The first-order valence-electron chi connectivity index (χ1n) is 5.05. The van der Waals surface area contributed by atoms with Crippen LogP contribution in [0, 0.1) is 5.92 Å². The Morgan fingerprint density at radius 1 is 1.36 bits per heavy atom. The average molecular weight is 189 g/mol. The van der Waals surface area contributed by atoms with Gasteiger partial charge in [-0.2, -0.15) is 0 Å². The Morgan fingerprint density at radius 2 is 2.07 bits per heavy atom. The van der Waals surface area contributed by atoms with Crippen LogP contribution in [-0.4, -0.2) is 11.8 Å². The molecule has 1 N–H and O–H groups in total. The molecule has 1 aliphatic heterocycles. The molecule has 74 valence electrons. The van der Waals surface area contributed by atoms with Gasteiger partial charge in [-0.05, 0) is 17.5 Å². The summed E-state index contributed by atoms with van der Waals surface area (Å²) in [4.78, 5) is 11.7. The number of anilines is 1. The van der Waals surface area contributed by atoms with E-state index in [1.165, 1.54) is 0 Å². The zero-order chi connectivity index (χ0) is 10.1.